The fourth-order valence-electron chi connectivity index (χ4n) is 2.83. The highest BCUT2D eigenvalue weighted by Gasteiger charge is 2.33. The van der Waals surface area contributed by atoms with Gasteiger partial charge in [-0.05, 0) is 37.6 Å². The van der Waals surface area contributed by atoms with E-state index in [0.29, 0.717) is 24.7 Å². The van der Waals surface area contributed by atoms with Crippen molar-refractivity contribution in [2.45, 2.75) is 25.3 Å². The van der Waals surface area contributed by atoms with Gasteiger partial charge in [0.1, 0.15) is 6.04 Å². The van der Waals surface area contributed by atoms with E-state index >= 15 is 0 Å². The summed E-state index contributed by atoms with van der Waals surface area (Å²) in [6.07, 6.45) is 2.45. The Morgan fingerprint density at radius 2 is 2.17 bits per heavy atom. The largest absolute Gasteiger partial charge is 0.337 e. The predicted octanol–water partition coefficient (Wildman–Crippen LogP) is 2.73. The smallest absolute Gasteiger partial charge is 0.249 e. The Morgan fingerprint density at radius 1 is 1.42 bits per heavy atom. The fourth-order valence-corrected chi connectivity index (χ4v) is 3.10. The molecule has 6 nitrogen and oxygen atoms in total. The molecular weight excluding hydrogens is 396 g/mol. The summed E-state index contributed by atoms with van der Waals surface area (Å²) in [6.45, 7) is 1.08. The lowest BCUT2D eigenvalue weighted by Gasteiger charge is -2.21. The first-order valence-electron chi connectivity index (χ1n) is 7.68. The van der Waals surface area contributed by atoms with Crippen LogP contribution in [0.5, 0.6) is 0 Å². The number of benzene rings is 1. The van der Waals surface area contributed by atoms with Gasteiger partial charge in [0.2, 0.25) is 11.8 Å². The number of amides is 1. The molecule has 0 radical (unpaired) electrons. The standard InChI is InChI=1S/C16H19BrN4O2.ClH/c1-18-10-15(22)21-8-2-3-13(21)16-19-14(20-23-16)9-11-4-6-12(17)7-5-11;/h4-7,13,18H,2-3,8-10H2,1H3;1H. The average molecular weight is 416 g/mol. The number of hydrogen-bond donors (Lipinski definition) is 1. The molecule has 1 aromatic carbocycles. The Balaban J connectivity index is 0.00000208. The highest BCUT2D eigenvalue weighted by molar-refractivity contribution is 9.10. The van der Waals surface area contributed by atoms with Gasteiger partial charge in [-0.15, -0.1) is 12.4 Å². The Hall–Kier alpha value is -1.44. The predicted molar refractivity (Wildman–Crippen MR) is 96.1 cm³/mol. The first kappa shape index (κ1) is 18.9. The summed E-state index contributed by atoms with van der Waals surface area (Å²) < 4.78 is 6.46. The van der Waals surface area contributed by atoms with Crippen LogP contribution in [0.1, 0.15) is 36.2 Å². The summed E-state index contributed by atoms with van der Waals surface area (Å²) >= 11 is 3.42. The van der Waals surface area contributed by atoms with E-state index < -0.39 is 0 Å². The number of aromatic nitrogens is 2. The third kappa shape index (κ3) is 4.34. The molecule has 1 amide bonds. The lowest BCUT2D eigenvalue weighted by molar-refractivity contribution is -0.131. The number of rotatable bonds is 5. The summed E-state index contributed by atoms with van der Waals surface area (Å²) in [5.74, 6) is 1.26. The molecule has 2 heterocycles. The van der Waals surface area contributed by atoms with Crippen molar-refractivity contribution in [2.24, 2.45) is 0 Å². The van der Waals surface area contributed by atoms with E-state index in [2.05, 4.69) is 31.4 Å². The topological polar surface area (TPSA) is 71.3 Å². The van der Waals surface area contributed by atoms with Crippen LogP contribution in [0.2, 0.25) is 0 Å². The minimum atomic E-state index is -0.0954. The third-order valence-corrected chi connectivity index (χ3v) is 4.47. The number of carbonyl (C=O) groups is 1. The van der Waals surface area contributed by atoms with E-state index in [4.69, 9.17) is 4.52 Å². The average Bonchev–Trinajstić information content (AvgIpc) is 3.18. The molecule has 0 bridgehead atoms. The van der Waals surface area contributed by atoms with Gasteiger partial charge in [-0.25, -0.2) is 0 Å². The van der Waals surface area contributed by atoms with Gasteiger partial charge >= 0.3 is 0 Å². The number of likely N-dealkylation sites (tertiary alicyclic amines) is 1. The summed E-state index contributed by atoms with van der Waals surface area (Å²) in [5, 5.41) is 6.96. The van der Waals surface area contributed by atoms with Gasteiger partial charge in [0.25, 0.3) is 0 Å². The molecule has 1 aromatic heterocycles. The number of nitrogens with zero attached hydrogens (tertiary/aromatic N) is 3. The van der Waals surface area contributed by atoms with Crippen molar-refractivity contribution in [1.29, 1.82) is 0 Å². The van der Waals surface area contributed by atoms with E-state index in [0.717, 1.165) is 29.4 Å². The Morgan fingerprint density at radius 3 is 2.88 bits per heavy atom. The zero-order valence-electron chi connectivity index (χ0n) is 13.4. The molecule has 1 aliphatic rings. The summed E-state index contributed by atoms with van der Waals surface area (Å²) in [4.78, 5) is 18.5. The number of halogens is 2. The first-order valence-corrected chi connectivity index (χ1v) is 8.47. The van der Waals surface area contributed by atoms with Gasteiger partial charge in [-0.2, -0.15) is 4.98 Å². The number of hydrogen-bond acceptors (Lipinski definition) is 5. The molecule has 1 saturated heterocycles. The second-order valence-corrected chi connectivity index (χ2v) is 6.54. The molecule has 24 heavy (non-hydrogen) atoms. The lowest BCUT2D eigenvalue weighted by atomic mass is 10.1. The van der Waals surface area contributed by atoms with E-state index in [-0.39, 0.29) is 24.4 Å². The van der Waals surface area contributed by atoms with Crippen molar-refractivity contribution >= 4 is 34.2 Å². The highest BCUT2D eigenvalue weighted by atomic mass is 79.9. The van der Waals surface area contributed by atoms with Crippen LogP contribution < -0.4 is 5.32 Å². The molecule has 1 N–H and O–H groups in total. The van der Waals surface area contributed by atoms with Crippen molar-refractivity contribution in [2.75, 3.05) is 20.1 Å². The maximum absolute atomic E-state index is 12.1. The molecular formula is C16H20BrClN4O2. The van der Waals surface area contributed by atoms with Crippen LogP contribution in [0.25, 0.3) is 0 Å². The van der Waals surface area contributed by atoms with Crippen LogP contribution in [0, 0.1) is 0 Å². The van der Waals surface area contributed by atoms with E-state index in [1.807, 2.05) is 29.2 Å². The van der Waals surface area contributed by atoms with Crippen molar-refractivity contribution in [3.8, 4) is 0 Å². The molecule has 0 aliphatic carbocycles. The SMILES string of the molecule is CNCC(=O)N1CCCC1c1nc(Cc2ccc(Br)cc2)no1.Cl. The van der Waals surface area contributed by atoms with Crippen LogP contribution >= 0.6 is 28.3 Å². The van der Waals surface area contributed by atoms with Gasteiger partial charge < -0.3 is 14.7 Å². The van der Waals surface area contributed by atoms with Crippen LogP contribution in [0.3, 0.4) is 0 Å². The molecule has 2 aromatic rings. The number of likely N-dealkylation sites (N-methyl/N-ethyl adjacent to an activating group) is 1. The molecule has 3 rings (SSSR count). The Bertz CT molecular complexity index is 677. The van der Waals surface area contributed by atoms with Crippen LogP contribution in [0.15, 0.2) is 33.3 Å². The molecule has 8 heteroatoms. The minimum absolute atomic E-state index is 0. The monoisotopic (exact) mass is 414 g/mol. The molecule has 1 fully saturated rings. The molecule has 0 saturated carbocycles. The van der Waals surface area contributed by atoms with E-state index in [1.165, 1.54) is 0 Å². The van der Waals surface area contributed by atoms with Gasteiger partial charge in [0.15, 0.2) is 5.82 Å². The second-order valence-electron chi connectivity index (χ2n) is 5.63. The van der Waals surface area contributed by atoms with Gasteiger partial charge in [-0.3, -0.25) is 4.79 Å². The maximum atomic E-state index is 12.1. The van der Waals surface area contributed by atoms with Crippen molar-refractivity contribution in [3.05, 3.63) is 46.0 Å². The molecule has 130 valence electrons. The van der Waals surface area contributed by atoms with Gasteiger partial charge in [0, 0.05) is 17.4 Å². The molecule has 1 aliphatic heterocycles. The zero-order chi connectivity index (χ0) is 16.2. The number of nitrogens with one attached hydrogen (secondary N) is 1. The van der Waals surface area contributed by atoms with Crippen LogP contribution in [0.4, 0.5) is 0 Å². The zero-order valence-corrected chi connectivity index (χ0v) is 15.8. The third-order valence-electron chi connectivity index (χ3n) is 3.95. The molecule has 0 spiro atoms. The van der Waals surface area contributed by atoms with Gasteiger partial charge in [-0.1, -0.05) is 33.2 Å². The van der Waals surface area contributed by atoms with E-state index in [1.54, 1.807) is 7.05 Å². The van der Waals surface area contributed by atoms with Crippen molar-refractivity contribution < 1.29 is 9.32 Å². The summed E-state index contributed by atoms with van der Waals surface area (Å²) in [6, 6.07) is 7.94. The molecule has 1 atom stereocenters. The highest BCUT2D eigenvalue weighted by Crippen LogP contribution is 2.30. The fraction of sp³-hybridized carbons (Fsp3) is 0.438. The molecule has 1 unspecified atom stereocenters. The normalized spacial score (nSPS) is 16.9. The van der Waals surface area contributed by atoms with Crippen LogP contribution in [-0.4, -0.2) is 41.1 Å². The first-order chi connectivity index (χ1) is 11.2. The van der Waals surface area contributed by atoms with Crippen LogP contribution in [-0.2, 0) is 11.2 Å². The second kappa shape index (κ2) is 8.60. The quantitative estimate of drug-likeness (QED) is 0.813. The Kier molecular flexibility index (Phi) is 6.77. The van der Waals surface area contributed by atoms with Gasteiger partial charge in [0.05, 0.1) is 6.54 Å². The van der Waals surface area contributed by atoms with E-state index in [9.17, 15) is 4.79 Å². The summed E-state index contributed by atoms with van der Waals surface area (Å²) in [5.41, 5.74) is 1.12. The summed E-state index contributed by atoms with van der Waals surface area (Å²) in [7, 11) is 1.77. The van der Waals surface area contributed by atoms with Crippen molar-refractivity contribution in [3.63, 3.8) is 0 Å². The minimum Gasteiger partial charge on any atom is -0.337 e. The maximum Gasteiger partial charge on any atom is 0.249 e. The van der Waals surface area contributed by atoms with Crippen molar-refractivity contribution in [1.82, 2.24) is 20.4 Å². The lowest BCUT2D eigenvalue weighted by Crippen LogP contribution is -2.36. The Labute approximate surface area is 155 Å². The number of carbonyl (C=O) groups excluding carboxylic acids is 1.